The number of furan rings is 1. The summed E-state index contributed by atoms with van der Waals surface area (Å²) in [6, 6.07) is 4.36. The van der Waals surface area contributed by atoms with Crippen molar-refractivity contribution in [2.75, 3.05) is 27.2 Å². The molecular weight excluding hydrogens is 504 g/mol. The van der Waals surface area contributed by atoms with Crippen LogP contribution in [0.15, 0.2) is 45.6 Å². The Morgan fingerprint density at radius 3 is 2.40 bits per heavy atom. The standard InChI is InChI=1S/C33H40N2O5/c1-19-16-20(2)25(26(36)17-19)18-35-14-13-24-28(32(35)37)21(3)30-31(29(24)27-8-7-15-38-27)40-33(4,39-30)22-9-11-23(12-10-22)34(5)6/h7-8,15-16,22-23H,9-14,17-18H2,1-6H3. The lowest BCUT2D eigenvalue weighted by atomic mass is 9.81. The number of hydrogen-bond acceptors (Lipinski definition) is 6. The highest BCUT2D eigenvalue weighted by Crippen LogP contribution is 2.55. The summed E-state index contributed by atoms with van der Waals surface area (Å²) in [7, 11) is 4.30. The van der Waals surface area contributed by atoms with Gasteiger partial charge in [-0.05, 0) is 90.2 Å². The number of fused-ring (bicyclic) bond motifs is 2. The van der Waals surface area contributed by atoms with Crippen LogP contribution >= 0.6 is 0 Å². The molecule has 0 saturated heterocycles. The molecular formula is C33H40N2O5. The molecule has 0 radical (unpaired) electrons. The van der Waals surface area contributed by atoms with E-state index < -0.39 is 5.79 Å². The number of rotatable bonds is 5. The maximum atomic E-state index is 14.1. The summed E-state index contributed by atoms with van der Waals surface area (Å²) < 4.78 is 19.4. The van der Waals surface area contributed by atoms with E-state index in [2.05, 4.69) is 25.1 Å². The van der Waals surface area contributed by atoms with Crippen molar-refractivity contribution in [3.8, 4) is 22.8 Å². The molecule has 7 nitrogen and oxygen atoms in total. The average molecular weight is 545 g/mol. The first-order chi connectivity index (χ1) is 19.1. The summed E-state index contributed by atoms with van der Waals surface area (Å²) in [6.45, 7) is 8.80. The van der Waals surface area contributed by atoms with E-state index in [9.17, 15) is 9.59 Å². The molecule has 7 heteroatoms. The van der Waals surface area contributed by atoms with Gasteiger partial charge in [0, 0.05) is 49.5 Å². The zero-order chi connectivity index (χ0) is 28.3. The van der Waals surface area contributed by atoms with Gasteiger partial charge in [0.2, 0.25) is 0 Å². The molecule has 212 valence electrons. The number of amides is 1. The molecule has 0 bridgehead atoms. The van der Waals surface area contributed by atoms with Crippen molar-refractivity contribution >= 4 is 11.7 Å². The Labute approximate surface area is 236 Å². The maximum Gasteiger partial charge on any atom is 0.254 e. The summed E-state index contributed by atoms with van der Waals surface area (Å²) >= 11 is 0. The van der Waals surface area contributed by atoms with Crippen LogP contribution in [0, 0.1) is 12.8 Å². The molecule has 4 aliphatic rings. The van der Waals surface area contributed by atoms with Gasteiger partial charge in [0.15, 0.2) is 17.3 Å². The second kappa shape index (κ2) is 9.95. The third-order valence-corrected chi connectivity index (χ3v) is 9.49. The van der Waals surface area contributed by atoms with Crippen LogP contribution in [0.1, 0.15) is 74.4 Å². The quantitative estimate of drug-likeness (QED) is 0.453. The summed E-state index contributed by atoms with van der Waals surface area (Å²) in [6.07, 6.45) is 9.03. The van der Waals surface area contributed by atoms with Crippen LogP contribution in [0.3, 0.4) is 0 Å². The fraction of sp³-hybridized carbons (Fsp3) is 0.515. The Bertz CT molecular complexity index is 1430. The maximum absolute atomic E-state index is 14.1. The molecule has 1 atom stereocenters. The molecule has 40 heavy (non-hydrogen) atoms. The topological polar surface area (TPSA) is 72.2 Å². The SMILES string of the molecule is CC1=CC(C)=C(CN2CCc3c(c(C)c4c(c3-c3ccco3)OC(C)(C3CCC(N(C)C)CC3)O4)C2=O)C(=O)C1. The number of carbonyl (C=O) groups excluding carboxylic acids is 2. The number of nitrogens with zero attached hydrogens (tertiary/aromatic N) is 2. The van der Waals surface area contributed by atoms with Crippen molar-refractivity contribution in [2.45, 2.75) is 78.0 Å². The molecule has 1 fully saturated rings. The van der Waals surface area contributed by atoms with E-state index in [-0.39, 0.29) is 17.6 Å². The second-order valence-corrected chi connectivity index (χ2v) is 12.4. The predicted molar refractivity (Wildman–Crippen MR) is 154 cm³/mol. The van der Waals surface area contributed by atoms with Crippen LogP contribution < -0.4 is 9.47 Å². The van der Waals surface area contributed by atoms with Gasteiger partial charge in [0.25, 0.3) is 11.7 Å². The first kappa shape index (κ1) is 26.9. The number of allylic oxidation sites excluding steroid dienone is 3. The van der Waals surface area contributed by atoms with Gasteiger partial charge in [0.05, 0.1) is 17.4 Å². The highest BCUT2D eigenvalue weighted by atomic mass is 16.7. The average Bonchev–Trinajstić information content (AvgIpc) is 3.56. The van der Waals surface area contributed by atoms with Crippen molar-refractivity contribution in [2.24, 2.45) is 5.92 Å². The largest absolute Gasteiger partial charge is 0.464 e. The molecule has 2 aliphatic heterocycles. The summed E-state index contributed by atoms with van der Waals surface area (Å²) in [5.41, 5.74) is 5.95. The Morgan fingerprint density at radius 1 is 1.02 bits per heavy atom. The molecule has 1 amide bonds. The van der Waals surface area contributed by atoms with Crippen molar-refractivity contribution < 1.29 is 23.5 Å². The van der Waals surface area contributed by atoms with E-state index in [1.54, 1.807) is 6.26 Å². The molecule has 0 N–H and O–H groups in total. The van der Waals surface area contributed by atoms with E-state index in [1.807, 2.05) is 44.7 Å². The molecule has 2 aromatic rings. The van der Waals surface area contributed by atoms with Gasteiger partial charge < -0.3 is 23.7 Å². The summed E-state index contributed by atoms with van der Waals surface area (Å²) in [5.74, 6) is 1.48. The first-order valence-corrected chi connectivity index (χ1v) is 14.5. The molecule has 0 spiro atoms. The number of ether oxygens (including phenoxy) is 2. The smallest absolute Gasteiger partial charge is 0.254 e. The third-order valence-electron chi connectivity index (χ3n) is 9.49. The highest BCUT2D eigenvalue weighted by Gasteiger charge is 2.49. The minimum atomic E-state index is -0.807. The fourth-order valence-corrected chi connectivity index (χ4v) is 7.18. The minimum absolute atomic E-state index is 0.0718. The van der Waals surface area contributed by atoms with Gasteiger partial charge >= 0.3 is 0 Å². The van der Waals surface area contributed by atoms with E-state index in [1.165, 1.54) is 0 Å². The van der Waals surface area contributed by atoms with E-state index >= 15 is 0 Å². The van der Waals surface area contributed by atoms with Gasteiger partial charge in [-0.25, -0.2) is 0 Å². The van der Waals surface area contributed by atoms with Crippen molar-refractivity contribution in [3.05, 3.63) is 57.9 Å². The van der Waals surface area contributed by atoms with E-state index in [0.29, 0.717) is 54.8 Å². The van der Waals surface area contributed by atoms with E-state index in [4.69, 9.17) is 13.9 Å². The number of Topliss-reactive ketones (excluding diaryl/α,β-unsaturated/α-hetero) is 1. The molecule has 6 rings (SSSR count). The second-order valence-electron chi connectivity index (χ2n) is 12.4. The molecule has 1 aromatic carbocycles. The third kappa shape index (κ3) is 4.39. The van der Waals surface area contributed by atoms with Crippen molar-refractivity contribution in [3.63, 3.8) is 0 Å². The highest BCUT2D eigenvalue weighted by molar-refractivity contribution is 6.04. The number of ketones is 1. The number of benzene rings is 1. The molecule has 1 unspecified atom stereocenters. The van der Waals surface area contributed by atoms with Gasteiger partial charge in [-0.2, -0.15) is 0 Å². The Kier molecular flexibility index (Phi) is 6.68. The Balaban J connectivity index is 1.37. The monoisotopic (exact) mass is 544 g/mol. The Hall–Kier alpha value is -3.32. The van der Waals surface area contributed by atoms with Crippen LogP contribution in [0.5, 0.6) is 11.5 Å². The zero-order valence-electron chi connectivity index (χ0n) is 24.6. The van der Waals surface area contributed by atoms with Crippen LogP contribution in [0.2, 0.25) is 0 Å². The van der Waals surface area contributed by atoms with Crippen LogP contribution in [0.4, 0.5) is 0 Å². The van der Waals surface area contributed by atoms with Crippen LogP contribution in [-0.2, 0) is 11.2 Å². The van der Waals surface area contributed by atoms with E-state index in [0.717, 1.165) is 59.1 Å². The Morgan fingerprint density at radius 2 is 1.75 bits per heavy atom. The number of carbonyl (C=O) groups is 2. The fourth-order valence-electron chi connectivity index (χ4n) is 7.18. The molecule has 1 saturated carbocycles. The van der Waals surface area contributed by atoms with Crippen LogP contribution in [-0.4, -0.2) is 60.5 Å². The molecule has 2 aliphatic carbocycles. The predicted octanol–water partition coefficient (Wildman–Crippen LogP) is 6.10. The lowest BCUT2D eigenvalue weighted by Crippen LogP contribution is -2.46. The van der Waals surface area contributed by atoms with Gasteiger partial charge in [-0.1, -0.05) is 11.6 Å². The summed E-state index contributed by atoms with van der Waals surface area (Å²) in [5, 5.41) is 0. The summed E-state index contributed by atoms with van der Waals surface area (Å²) in [4.78, 5) is 31.1. The van der Waals surface area contributed by atoms with Gasteiger partial charge in [-0.15, -0.1) is 0 Å². The lowest BCUT2D eigenvalue weighted by Gasteiger charge is -2.39. The first-order valence-electron chi connectivity index (χ1n) is 14.5. The zero-order valence-corrected chi connectivity index (χ0v) is 24.6. The van der Waals surface area contributed by atoms with Gasteiger partial charge in [0.1, 0.15) is 5.76 Å². The minimum Gasteiger partial charge on any atom is -0.464 e. The lowest BCUT2D eigenvalue weighted by molar-refractivity contribution is -0.123. The normalized spacial score (nSPS) is 26.5. The van der Waals surface area contributed by atoms with Crippen molar-refractivity contribution in [1.82, 2.24) is 9.80 Å². The molecule has 1 aromatic heterocycles. The van der Waals surface area contributed by atoms with Gasteiger partial charge in [-0.3, -0.25) is 9.59 Å². The molecule has 3 heterocycles. The van der Waals surface area contributed by atoms with Crippen molar-refractivity contribution in [1.29, 1.82) is 0 Å². The van der Waals surface area contributed by atoms with Crippen LogP contribution in [0.25, 0.3) is 11.3 Å². The number of hydrogen-bond donors (Lipinski definition) is 0.